The molecule has 1 aromatic carbocycles. The summed E-state index contributed by atoms with van der Waals surface area (Å²) in [4.78, 5) is 25.0. The maximum absolute atomic E-state index is 13.1. The van der Waals surface area contributed by atoms with Gasteiger partial charge in [-0.15, -0.1) is 0 Å². The third-order valence-electron chi connectivity index (χ3n) is 5.74. The van der Waals surface area contributed by atoms with Gasteiger partial charge in [-0.05, 0) is 50.8 Å². The standard InChI is InChI=1S/C23H35ClN2O4/c1-16(2)19(14-27)26(20(28)30-21(3,4)5)25-13-12-23(29,22(6,7)15-25)17-8-10-18(24)11-9-17/h8-11,14,16,19,29H,12-13,15H2,1-7H3/t19-,23-/m0/s1. The quantitative estimate of drug-likeness (QED) is 0.678. The number of ether oxygens (including phenoxy) is 1. The molecule has 1 saturated heterocycles. The van der Waals surface area contributed by atoms with E-state index in [2.05, 4.69) is 0 Å². The molecule has 1 aromatic rings. The Bertz CT molecular complexity index is 757. The highest BCUT2D eigenvalue weighted by Gasteiger charge is 2.51. The first-order valence-corrected chi connectivity index (χ1v) is 10.8. The number of piperidine rings is 1. The van der Waals surface area contributed by atoms with Gasteiger partial charge in [0.25, 0.3) is 0 Å². The SMILES string of the molecule is CC(C)[C@H](C=O)N(C(=O)OC(C)(C)C)N1CC[C@](O)(c2ccc(Cl)cc2)C(C)(C)C1. The maximum atomic E-state index is 13.1. The molecule has 6 nitrogen and oxygen atoms in total. The van der Waals surface area contributed by atoms with Crippen molar-refractivity contribution in [1.29, 1.82) is 0 Å². The zero-order chi connectivity index (χ0) is 22.9. The van der Waals surface area contributed by atoms with Gasteiger partial charge >= 0.3 is 6.09 Å². The topological polar surface area (TPSA) is 70.1 Å². The van der Waals surface area contributed by atoms with E-state index in [0.717, 1.165) is 11.8 Å². The van der Waals surface area contributed by atoms with Crippen molar-refractivity contribution in [1.82, 2.24) is 10.0 Å². The van der Waals surface area contributed by atoms with E-state index >= 15 is 0 Å². The molecule has 0 aromatic heterocycles. The molecule has 2 rings (SSSR count). The average Bonchev–Trinajstić information content (AvgIpc) is 2.60. The Morgan fingerprint density at radius 3 is 2.27 bits per heavy atom. The number of halogens is 1. The fraction of sp³-hybridized carbons (Fsp3) is 0.652. The van der Waals surface area contributed by atoms with Crippen LogP contribution in [0.5, 0.6) is 0 Å². The number of hydrogen-bond donors (Lipinski definition) is 1. The zero-order valence-corrected chi connectivity index (χ0v) is 19.9. The fourth-order valence-corrected chi connectivity index (χ4v) is 4.10. The van der Waals surface area contributed by atoms with Crippen LogP contribution in [-0.4, -0.2) is 52.2 Å². The molecule has 0 saturated carbocycles. The molecule has 1 amide bonds. The van der Waals surface area contributed by atoms with Gasteiger partial charge in [0.1, 0.15) is 17.9 Å². The third-order valence-corrected chi connectivity index (χ3v) is 5.99. The molecule has 0 spiro atoms. The number of carbonyl (C=O) groups excluding carboxylic acids is 2. The molecule has 1 N–H and O–H groups in total. The monoisotopic (exact) mass is 438 g/mol. The molecular weight excluding hydrogens is 404 g/mol. The molecule has 168 valence electrons. The van der Waals surface area contributed by atoms with Crippen molar-refractivity contribution in [2.75, 3.05) is 13.1 Å². The highest BCUT2D eigenvalue weighted by Crippen LogP contribution is 2.46. The molecule has 1 aliphatic rings. The summed E-state index contributed by atoms with van der Waals surface area (Å²) < 4.78 is 5.61. The second-order valence-electron chi connectivity index (χ2n) is 10.1. The minimum Gasteiger partial charge on any atom is -0.443 e. The number of amides is 1. The lowest BCUT2D eigenvalue weighted by Gasteiger charge is -2.53. The van der Waals surface area contributed by atoms with Gasteiger partial charge < -0.3 is 14.6 Å². The average molecular weight is 439 g/mol. The Balaban J connectivity index is 2.37. The van der Waals surface area contributed by atoms with Crippen LogP contribution in [0.2, 0.25) is 5.02 Å². The summed E-state index contributed by atoms with van der Waals surface area (Å²) in [7, 11) is 0. The van der Waals surface area contributed by atoms with Gasteiger partial charge in [-0.2, -0.15) is 0 Å². The van der Waals surface area contributed by atoms with Gasteiger partial charge in [0.05, 0.1) is 5.60 Å². The summed E-state index contributed by atoms with van der Waals surface area (Å²) in [6, 6.07) is 6.57. The molecule has 1 heterocycles. The largest absolute Gasteiger partial charge is 0.443 e. The molecular formula is C23H35ClN2O4. The predicted octanol–water partition coefficient (Wildman–Crippen LogP) is 4.64. The number of aldehydes is 1. The first-order valence-electron chi connectivity index (χ1n) is 10.4. The molecule has 7 heteroatoms. The molecule has 1 fully saturated rings. The molecule has 0 aliphatic carbocycles. The second kappa shape index (κ2) is 8.85. The van der Waals surface area contributed by atoms with Crippen molar-refractivity contribution in [2.45, 2.75) is 72.1 Å². The number of hydrogen-bond acceptors (Lipinski definition) is 5. The van der Waals surface area contributed by atoms with Crippen molar-refractivity contribution in [3.63, 3.8) is 0 Å². The number of nitrogens with zero attached hydrogens (tertiary/aromatic N) is 2. The lowest BCUT2D eigenvalue weighted by atomic mass is 9.67. The highest BCUT2D eigenvalue weighted by molar-refractivity contribution is 6.30. The van der Waals surface area contributed by atoms with Crippen molar-refractivity contribution < 1.29 is 19.4 Å². The maximum Gasteiger partial charge on any atom is 0.425 e. The van der Waals surface area contributed by atoms with E-state index in [-0.39, 0.29) is 5.92 Å². The summed E-state index contributed by atoms with van der Waals surface area (Å²) in [5, 5.41) is 15.5. The van der Waals surface area contributed by atoms with Gasteiger partial charge in [0, 0.05) is 23.5 Å². The Morgan fingerprint density at radius 2 is 1.83 bits per heavy atom. The lowest BCUT2D eigenvalue weighted by Crippen LogP contribution is -2.64. The van der Waals surface area contributed by atoms with Crippen LogP contribution in [0.25, 0.3) is 0 Å². The highest BCUT2D eigenvalue weighted by atomic mass is 35.5. The summed E-state index contributed by atoms with van der Waals surface area (Å²) in [5.74, 6) is -0.0878. The van der Waals surface area contributed by atoms with Crippen molar-refractivity contribution in [3.05, 3.63) is 34.9 Å². The minimum absolute atomic E-state index is 0.0878. The zero-order valence-electron chi connectivity index (χ0n) is 19.1. The molecule has 0 unspecified atom stereocenters. The van der Waals surface area contributed by atoms with Gasteiger partial charge in [-0.25, -0.2) is 14.8 Å². The van der Waals surface area contributed by atoms with Gasteiger partial charge in [-0.1, -0.05) is 51.4 Å². The summed E-state index contributed by atoms with van der Waals surface area (Å²) >= 11 is 6.02. The Morgan fingerprint density at radius 1 is 1.27 bits per heavy atom. The van der Waals surface area contributed by atoms with Crippen LogP contribution < -0.4 is 0 Å². The molecule has 30 heavy (non-hydrogen) atoms. The van der Waals surface area contributed by atoms with Crippen LogP contribution in [0.1, 0.15) is 60.5 Å². The first-order chi connectivity index (χ1) is 13.7. The normalized spacial score (nSPS) is 23.1. The number of hydrazine groups is 1. The van der Waals surface area contributed by atoms with Crippen LogP contribution in [0.4, 0.5) is 4.79 Å². The van der Waals surface area contributed by atoms with Gasteiger partial charge in [-0.3, -0.25) is 0 Å². The number of carbonyl (C=O) groups is 2. The van der Waals surface area contributed by atoms with E-state index in [0.29, 0.717) is 24.5 Å². The van der Waals surface area contributed by atoms with Gasteiger partial charge in [0.15, 0.2) is 0 Å². The predicted molar refractivity (Wildman–Crippen MR) is 118 cm³/mol. The van der Waals surface area contributed by atoms with E-state index < -0.39 is 28.8 Å². The molecule has 0 radical (unpaired) electrons. The van der Waals surface area contributed by atoms with Crippen LogP contribution >= 0.6 is 11.6 Å². The van der Waals surface area contributed by atoms with E-state index in [1.54, 1.807) is 32.9 Å². The van der Waals surface area contributed by atoms with Crippen LogP contribution in [-0.2, 0) is 15.1 Å². The number of aliphatic hydroxyl groups is 1. The Labute approximate surface area is 185 Å². The van der Waals surface area contributed by atoms with Crippen LogP contribution in [0.3, 0.4) is 0 Å². The van der Waals surface area contributed by atoms with Crippen molar-refractivity contribution in [2.24, 2.45) is 11.3 Å². The Hall–Kier alpha value is -1.63. The Kier molecular flexibility index (Phi) is 7.27. The van der Waals surface area contributed by atoms with Crippen molar-refractivity contribution >= 4 is 24.0 Å². The lowest BCUT2D eigenvalue weighted by molar-refractivity contribution is -0.181. The smallest absolute Gasteiger partial charge is 0.425 e. The van der Waals surface area contributed by atoms with E-state index in [4.69, 9.17) is 16.3 Å². The number of benzene rings is 1. The van der Waals surface area contributed by atoms with Crippen molar-refractivity contribution in [3.8, 4) is 0 Å². The molecule has 1 aliphatic heterocycles. The van der Waals surface area contributed by atoms with Gasteiger partial charge in [0.2, 0.25) is 0 Å². The second-order valence-corrected chi connectivity index (χ2v) is 10.5. The van der Waals surface area contributed by atoms with E-state index in [9.17, 15) is 14.7 Å². The van der Waals surface area contributed by atoms with E-state index in [1.165, 1.54) is 5.01 Å². The summed E-state index contributed by atoms with van der Waals surface area (Å²) in [6.45, 7) is 13.9. The molecule has 0 bridgehead atoms. The van der Waals surface area contributed by atoms with E-state index in [1.807, 2.05) is 44.8 Å². The fourth-order valence-electron chi connectivity index (χ4n) is 3.97. The van der Waals surface area contributed by atoms with Crippen LogP contribution in [0.15, 0.2) is 24.3 Å². The molecule has 2 atom stereocenters. The third kappa shape index (κ3) is 5.16. The van der Waals surface area contributed by atoms with Crippen LogP contribution in [0, 0.1) is 11.3 Å². The number of rotatable bonds is 5. The minimum atomic E-state index is -1.10. The summed E-state index contributed by atoms with van der Waals surface area (Å²) in [6.07, 6.45) is 0.632. The first kappa shape index (κ1) is 24.6. The summed E-state index contributed by atoms with van der Waals surface area (Å²) in [5.41, 5.74) is -1.60.